The van der Waals surface area contributed by atoms with Crippen LogP contribution in [0, 0.1) is 6.92 Å². The number of rotatable bonds is 6. The highest BCUT2D eigenvalue weighted by Crippen LogP contribution is 2.22. The fourth-order valence-electron chi connectivity index (χ4n) is 3.53. The van der Waals surface area contributed by atoms with Gasteiger partial charge in [-0.15, -0.1) is 0 Å². The van der Waals surface area contributed by atoms with E-state index in [0.717, 1.165) is 0 Å². The number of nitrogens with zero attached hydrogens (tertiary/aromatic N) is 2. The molecule has 2 aromatic heterocycles. The van der Waals surface area contributed by atoms with E-state index in [9.17, 15) is 14.4 Å². The van der Waals surface area contributed by atoms with E-state index in [2.05, 4.69) is 10.3 Å². The smallest absolute Gasteiger partial charge is 0.244 e. The summed E-state index contributed by atoms with van der Waals surface area (Å²) in [4.78, 5) is 43.7. The first-order valence-electron chi connectivity index (χ1n) is 10.1. The van der Waals surface area contributed by atoms with E-state index in [1.807, 2.05) is 0 Å². The molecule has 166 valence electrons. The fourth-order valence-corrected chi connectivity index (χ4v) is 3.71. The number of carbonyl (C=O) groups is 2. The van der Waals surface area contributed by atoms with Crippen molar-refractivity contribution in [2.24, 2.45) is 0 Å². The maximum atomic E-state index is 13.3. The molecule has 7 nitrogen and oxygen atoms in total. The Morgan fingerprint density at radius 2 is 1.76 bits per heavy atom. The van der Waals surface area contributed by atoms with Crippen molar-refractivity contribution in [2.75, 3.05) is 12.4 Å². The van der Waals surface area contributed by atoms with Gasteiger partial charge in [-0.2, -0.15) is 0 Å². The van der Waals surface area contributed by atoms with E-state index in [1.165, 1.54) is 17.9 Å². The van der Waals surface area contributed by atoms with Gasteiger partial charge in [0.2, 0.25) is 17.1 Å². The number of benzene rings is 2. The van der Waals surface area contributed by atoms with Gasteiger partial charge in [0.15, 0.2) is 0 Å². The Kier molecular flexibility index (Phi) is 6.24. The average Bonchev–Trinajstić information content (AvgIpc) is 2.81. The summed E-state index contributed by atoms with van der Waals surface area (Å²) in [5.41, 5.74) is 1.16. The molecule has 0 spiro atoms. The number of amides is 1. The third-order valence-corrected chi connectivity index (χ3v) is 5.45. The lowest BCUT2D eigenvalue weighted by atomic mass is 10.0. The standard InChI is InChI=1S/C25H20ClN3O4/c1-15-11-12-17-24(32)18(23(31)16-7-3-6-10-21(16)33-2)13-29(25(17)27-15)14-22(30)28-20-9-5-4-8-19(20)26/h3-13H,14H2,1-2H3,(H,28,30). The zero-order chi connectivity index (χ0) is 23.5. The van der Waals surface area contributed by atoms with Crippen molar-refractivity contribution in [3.63, 3.8) is 0 Å². The van der Waals surface area contributed by atoms with Gasteiger partial charge in [0, 0.05) is 11.9 Å². The van der Waals surface area contributed by atoms with Crippen LogP contribution in [0.15, 0.2) is 71.7 Å². The molecule has 0 unspecified atom stereocenters. The van der Waals surface area contributed by atoms with Crippen LogP contribution in [0.1, 0.15) is 21.6 Å². The van der Waals surface area contributed by atoms with Gasteiger partial charge < -0.3 is 14.6 Å². The van der Waals surface area contributed by atoms with Crippen LogP contribution in [0.3, 0.4) is 0 Å². The molecule has 33 heavy (non-hydrogen) atoms. The molecule has 8 heteroatoms. The van der Waals surface area contributed by atoms with Crippen LogP contribution >= 0.6 is 11.6 Å². The third kappa shape index (κ3) is 4.49. The van der Waals surface area contributed by atoms with E-state index in [-0.39, 0.29) is 29.0 Å². The molecule has 0 aliphatic carbocycles. The van der Waals surface area contributed by atoms with Crippen LogP contribution < -0.4 is 15.5 Å². The van der Waals surface area contributed by atoms with Crippen molar-refractivity contribution in [1.29, 1.82) is 0 Å². The van der Waals surface area contributed by atoms with Crippen LogP contribution in [0.4, 0.5) is 5.69 Å². The van der Waals surface area contributed by atoms with Crippen molar-refractivity contribution in [2.45, 2.75) is 13.5 Å². The number of ketones is 1. The number of ether oxygens (including phenoxy) is 1. The van der Waals surface area contributed by atoms with E-state index < -0.39 is 11.2 Å². The van der Waals surface area contributed by atoms with Crippen LogP contribution in [0.2, 0.25) is 5.02 Å². The van der Waals surface area contributed by atoms with Gasteiger partial charge in [0.05, 0.1) is 34.3 Å². The molecule has 0 bridgehead atoms. The summed E-state index contributed by atoms with van der Waals surface area (Å²) >= 11 is 6.14. The van der Waals surface area contributed by atoms with E-state index >= 15 is 0 Å². The molecule has 0 aliphatic heterocycles. The van der Waals surface area contributed by atoms with E-state index in [4.69, 9.17) is 16.3 Å². The Labute approximate surface area is 194 Å². The Balaban J connectivity index is 1.80. The molecule has 2 aromatic carbocycles. The Morgan fingerprint density at radius 1 is 1.03 bits per heavy atom. The largest absolute Gasteiger partial charge is 0.496 e. The molecule has 0 saturated carbocycles. The van der Waals surface area contributed by atoms with Gasteiger partial charge in [-0.3, -0.25) is 14.4 Å². The van der Waals surface area contributed by atoms with Crippen molar-refractivity contribution >= 4 is 40.0 Å². The number of nitrogens with one attached hydrogen (secondary N) is 1. The number of para-hydroxylation sites is 2. The second-order valence-corrected chi connectivity index (χ2v) is 7.79. The van der Waals surface area contributed by atoms with E-state index in [0.29, 0.717) is 27.8 Å². The maximum Gasteiger partial charge on any atom is 0.244 e. The molecule has 2 heterocycles. The molecule has 0 saturated heterocycles. The minimum atomic E-state index is -0.500. The van der Waals surface area contributed by atoms with E-state index in [1.54, 1.807) is 67.6 Å². The average molecular weight is 462 g/mol. The number of hydrogen-bond donors (Lipinski definition) is 1. The summed E-state index contributed by atoms with van der Waals surface area (Å²) in [6.45, 7) is 1.61. The zero-order valence-electron chi connectivity index (χ0n) is 18.0. The molecular weight excluding hydrogens is 442 g/mol. The lowest BCUT2D eigenvalue weighted by Gasteiger charge is -2.14. The zero-order valence-corrected chi connectivity index (χ0v) is 18.7. The SMILES string of the molecule is COc1ccccc1C(=O)c1cn(CC(=O)Nc2ccccc2Cl)c2nc(C)ccc2c1=O. The predicted octanol–water partition coefficient (Wildman–Crippen LogP) is 4.24. The Morgan fingerprint density at radius 3 is 2.52 bits per heavy atom. The van der Waals surface area contributed by atoms with Crippen molar-refractivity contribution in [1.82, 2.24) is 9.55 Å². The summed E-state index contributed by atoms with van der Waals surface area (Å²) in [5.74, 6) is -0.528. The molecule has 1 amide bonds. The highest BCUT2D eigenvalue weighted by Gasteiger charge is 2.21. The van der Waals surface area contributed by atoms with Gasteiger partial charge in [-0.25, -0.2) is 4.98 Å². The number of pyridine rings is 2. The first-order valence-corrected chi connectivity index (χ1v) is 10.5. The lowest BCUT2D eigenvalue weighted by Crippen LogP contribution is -2.25. The molecule has 4 rings (SSSR count). The number of halogens is 1. The minimum Gasteiger partial charge on any atom is -0.496 e. The number of anilines is 1. The Hall–Kier alpha value is -3.97. The number of aryl methyl sites for hydroxylation is 1. The predicted molar refractivity (Wildman–Crippen MR) is 127 cm³/mol. The molecule has 0 atom stereocenters. The van der Waals surface area contributed by atoms with Crippen LogP contribution in [-0.2, 0) is 11.3 Å². The number of methoxy groups -OCH3 is 1. The third-order valence-electron chi connectivity index (χ3n) is 5.12. The summed E-state index contributed by atoms with van der Waals surface area (Å²) in [6.07, 6.45) is 1.37. The van der Waals surface area contributed by atoms with Crippen LogP contribution in [-0.4, -0.2) is 28.4 Å². The maximum absolute atomic E-state index is 13.3. The van der Waals surface area contributed by atoms with Crippen molar-refractivity contribution < 1.29 is 14.3 Å². The lowest BCUT2D eigenvalue weighted by molar-refractivity contribution is -0.116. The first-order chi connectivity index (χ1) is 15.9. The molecule has 0 radical (unpaired) electrons. The number of fused-ring (bicyclic) bond motifs is 1. The molecular formula is C25H20ClN3O4. The van der Waals surface area contributed by atoms with Gasteiger partial charge in [-0.05, 0) is 43.3 Å². The van der Waals surface area contributed by atoms with Crippen molar-refractivity contribution in [3.8, 4) is 5.75 Å². The quantitative estimate of drug-likeness (QED) is 0.434. The normalized spacial score (nSPS) is 10.8. The Bertz CT molecular complexity index is 1450. The van der Waals surface area contributed by atoms with Crippen molar-refractivity contribution in [3.05, 3.63) is 98.9 Å². The van der Waals surface area contributed by atoms with Crippen LogP contribution in [0.5, 0.6) is 5.75 Å². The highest BCUT2D eigenvalue weighted by atomic mass is 35.5. The van der Waals surface area contributed by atoms with Gasteiger partial charge in [0.1, 0.15) is 17.9 Å². The van der Waals surface area contributed by atoms with Gasteiger partial charge in [-0.1, -0.05) is 35.9 Å². The van der Waals surface area contributed by atoms with Gasteiger partial charge >= 0.3 is 0 Å². The number of hydrogen-bond acceptors (Lipinski definition) is 5. The summed E-state index contributed by atoms with van der Waals surface area (Å²) in [7, 11) is 1.45. The first kappa shape index (κ1) is 22.2. The molecule has 0 fully saturated rings. The topological polar surface area (TPSA) is 90.3 Å². The monoisotopic (exact) mass is 461 g/mol. The number of aromatic nitrogens is 2. The number of carbonyl (C=O) groups excluding carboxylic acids is 2. The fraction of sp³-hybridized carbons (Fsp3) is 0.120. The summed E-state index contributed by atoms with van der Waals surface area (Å²) in [5, 5.41) is 3.39. The molecule has 0 aliphatic rings. The minimum absolute atomic E-state index is 0.0804. The summed E-state index contributed by atoms with van der Waals surface area (Å²) < 4.78 is 6.78. The van der Waals surface area contributed by atoms with Gasteiger partial charge in [0.25, 0.3) is 0 Å². The second kappa shape index (κ2) is 9.26. The second-order valence-electron chi connectivity index (χ2n) is 7.38. The summed E-state index contributed by atoms with van der Waals surface area (Å²) in [6, 6.07) is 16.8. The highest BCUT2D eigenvalue weighted by molar-refractivity contribution is 6.33. The molecule has 1 N–H and O–H groups in total. The van der Waals surface area contributed by atoms with Crippen LogP contribution in [0.25, 0.3) is 11.0 Å². The molecule has 4 aromatic rings.